The van der Waals surface area contributed by atoms with Gasteiger partial charge in [-0.3, -0.25) is 0 Å². The number of hydrogen-bond acceptors (Lipinski definition) is 4. The van der Waals surface area contributed by atoms with Crippen molar-refractivity contribution in [1.29, 1.82) is 0 Å². The summed E-state index contributed by atoms with van der Waals surface area (Å²) in [5.74, 6) is 0.0505. The Bertz CT molecular complexity index is 348. The number of ether oxygens (including phenoxy) is 1. The van der Waals surface area contributed by atoms with E-state index in [2.05, 4.69) is 6.58 Å². The molecule has 3 N–H and O–H groups in total. The van der Waals surface area contributed by atoms with Crippen LogP contribution in [0.2, 0.25) is 0 Å². The van der Waals surface area contributed by atoms with E-state index < -0.39 is 18.0 Å². The zero-order valence-electron chi connectivity index (χ0n) is 12.7. The molecule has 116 valence electrons. The quantitative estimate of drug-likeness (QED) is 0.645. The molecular weight excluding hydrogens is 256 g/mol. The van der Waals surface area contributed by atoms with Gasteiger partial charge < -0.3 is 20.1 Å². The van der Waals surface area contributed by atoms with Gasteiger partial charge in [0.15, 0.2) is 6.29 Å². The second-order valence-electron chi connectivity index (χ2n) is 6.27. The van der Waals surface area contributed by atoms with Gasteiger partial charge in [-0.05, 0) is 33.1 Å². The third-order valence-corrected chi connectivity index (χ3v) is 3.75. The van der Waals surface area contributed by atoms with Gasteiger partial charge in [-0.25, -0.2) is 0 Å². The Kier molecular flexibility index (Phi) is 6.40. The van der Waals surface area contributed by atoms with Gasteiger partial charge in [-0.1, -0.05) is 31.2 Å². The van der Waals surface area contributed by atoms with Gasteiger partial charge in [0.05, 0.1) is 17.8 Å². The van der Waals surface area contributed by atoms with Crippen molar-refractivity contribution in [3.8, 4) is 0 Å². The van der Waals surface area contributed by atoms with Crippen molar-refractivity contribution >= 4 is 0 Å². The van der Waals surface area contributed by atoms with Crippen LogP contribution in [0.4, 0.5) is 0 Å². The van der Waals surface area contributed by atoms with Gasteiger partial charge >= 0.3 is 0 Å². The average Bonchev–Trinajstić information content (AvgIpc) is 2.32. The van der Waals surface area contributed by atoms with Crippen LogP contribution in [0, 0.1) is 5.92 Å². The summed E-state index contributed by atoms with van der Waals surface area (Å²) in [5, 5.41) is 30.0. The van der Waals surface area contributed by atoms with Gasteiger partial charge in [-0.15, -0.1) is 0 Å². The minimum Gasteiger partial charge on any atom is -0.393 e. The van der Waals surface area contributed by atoms with Crippen molar-refractivity contribution in [2.75, 3.05) is 0 Å². The maximum atomic E-state index is 10.2. The first-order valence-electron chi connectivity index (χ1n) is 7.27. The van der Waals surface area contributed by atoms with Crippen LogP contribution >= 0.6 is 0 Å². The lowest BCUT2D eigenvalue weighted by Gasteiger charge is -2.29. The largest absolute Gasteiger partial charge is 0.393 e. The Labute approximate surface area is 121 Å². The Morgan fingerprint density at radius 1 is 1.40 bits per heavy atom. The van der Waals surface area contributed by atoms with Gasteiger partial charge in [0.2, 0.25) is 0 Å². The monoisotopic (exact) mass is 284 g/mol. The van der Waals surface area contributed by atoms with Crippen molar-refractivity contribution in [3.63, 3.8) is 0 Å². The molecule has 0 aromatic rings. The van der Waals surface area contributed by atoms with Crippen LogP contribution in [0.1, 0.15) is 46.5 Å². The molecule has 20 heavy (non-hydrogen) atoms. The number of rotatable bonds is 1. The lowest BCUT2D eigenvalue weighted by atomic mass is 9.91. The summed E-state index contributed by atoms with van der Waals surface area (Å²) in [6.07, 6.45) is 3.54. The summed E-state index contributed by atoms with van der Waals surface area (Å²) >= 11 is 0. The molecule has 0 radical (unpaired) electrons. The molecule has 0 saturated heterocycles. The SMILES string of the molecule is C=C(C)C1OC(O)CC(O)CCC(C)(O)CC=CC1C. The van der Waals surface area contributed by atoms with E-state index in [-0.39, 0.29) is 18.4 Å². The second kappa shape index (κ2) is 7.36. The van der Waals surface area contributed by atoms with Crippen LogP contribution in [0.3, 0.4) is 0 Å². The van der Waals surface area contributed by atoms with Crippen molar-refractivity contribution < 1.29 is 20.1 Å². The fourth-order valence-corrected chi connectivity index (χ4v) is 2.48. The summed E-state index contributed by atoms with van der Waals surface area (Å²) in [5.41, 5.74) is 0.000465. The highest BCUT2D eigenvalue weighted by Crippen LogP contribution is 2.24. The molecule has 0 aromatic heterocycles. The third-order valence-electron chi connectivity index (χ3n) is 3.75. The van der Waals surface area contributed by atoms with E-state index in [1.165, 1.54) is 0 Å². The Morgan fingerprint density at radius 2 is 2.05 bits per heavy atom. The topological polar surface area (TPSA) is 69.9 Å². The first-order valence-corrected chi connectivity index (χ1v) is 7.27. The zero-order valence-corrected chi connectivity index (χ0v) is 12.7. The molecule has 0 spiro atoms. The summed E-state index contributed by atoms with van der Waals surface area (Å²) < 4.78 is 5.60. The molecule has 1 aliphatic rings. The fraction of sp³-hybridized carbons (Fsp3) is 0.750. The smallest absolute Gasteiger partial charge is 0.157 e. The van der Waals surface area contributed by atoms with Crippen LogP contribution in [0.15, 0.2) is 24.3 Å². The number of hydrogen-bond donors (Lipinski definition) is 3. The molecule has 0 fully saturated rings. The minimum absolute atomic E-state index is 0.0505. The van der Waals surface area contributed by atoms with Crippen molar-refractivity contribution in [1.82, 2.24) is 0 Å². The predicted octanol–water partition coefficient (Wildman–Crippen LogP) is 2.14. The van der Waals surface area contributed by atoms with Crippen LogP contribution in [0.5, 0.6) is 0 Å². The molecule has 1 heterocycles. The highest BCUT2D eigenvalue weighted by molar-refractivity contribution is 5.06. The first kappa shape index (κ1) is 17.4. The first-order chi connectivity index (χ1) is 9.21. The molecule has 0 bridgehead atoms. The van der Waals surface area contributed by atoms with Crippen molar-refractivity contribution in [3.05, 3.63) is 24.3 Å². The average molecular weight is 284 g/mol. The molecule has 4 nitrogen and oxygen atoms in total. The maximum Gasteiger partial charge on any atom is 0.157 e. The van der Waals surface area contributed by atoms with E-state index in [9.17, 15) is 15.3 Å². The van der Waals surface area contributed by atoms with Crippen LogP contribution in [-0.4, -0.2) is 39.4 Å². The molecule has 0 amide bonds. The molecule has 5 atom stereocenters. The standard InChI is InChI=1S/C16H28O4/c1-11(2)15-12(3)6-5-8-16(4,19)9-7-13(17)10-14(18)20-15/h5-6,12-15,17-19H,1,7-10H2,2-4H3. The normalized spacial score (nSPS) is 40.7. The van der Waals surface area contributed by atoms with Gasteiger partial charge in [-0.2, -0.15) is 0 Å². The Balaban J connectivity index is 2.88. The zero-order chi connectivity index (χ0) is 15.3. The van der Waals surface area contributed by atoms with Gasteiger partial charge in [0.1, 0.15) is 0 Å². The lowest BCUT2D eigenvalue weighted by Crippen LogP contribution is -2.32. The molecule has 4 heteroatoms. The highest BCUT2D eigenvalue weighted by Gasteiger charge is 2.26. The van der Waals surface area contributed by atoms with Gasteiger partial charge in [0, 0.05) is 12.3 Å². The Morgan fingerprint density at radius 3 is 2.65 bits per heavy atom. The van der Waals surface area contributed by atoms with Crippen LogP contribution in [0.25, 0.3) is 0 Å². The Hall–Kier alpha value is -0.680. The van der Waals surface area contributed by atoms with E-state index in [1.54, 1.807) is 6.92 Å². The van der Waals surface area contributed by atoms with E-state index in [4.69, 9.17) is 4.74 Å². The molecule has 0 aliphatic carbocycles. The summed E-state index contributed by atoms with van der Waals surface area (Å²) in [6.45, 7) is 9.51. The van der Waals surface area contributed by atoms with E-state index in [1.807, 2.05) is 26.0 Å². The van der Waals surface area contributed by atoms with Crippen LogP contribution < -0.4 is 0 Å². The molecule has 1 aliphatic heterocycles. The summed E-state index contributed by atoms with van der Waals surface area (Å²) in [7, 11) is 0. The molecule has 0 aromatic carbocycles. The number of aliphatic hydroxyl groups is 3. The molecule has 0 saturated carbocycles. The van der Waals surface area contributed by atoms with Crippen molar-refractivity contribution in [2.45, 2.75) is 70.6 Å². The molecule has 1 rings (SSSR count). The molecule has 5 unspecified atom stereocenters. The molecular formula is C16H28O4. The van der Waals surface area contributed by atoms with Crippen molar-refractivity contribution in [2.24, 2.45) is 5.92 Å². The van der Waals surface area contributed by atoms with E-state index in [0.717, 1.165) is 5.57 Å². The third kappa shape index (κ3) is 5.75. The van der Waals surface area contributed by atoms with Gasteiger partial charge in [0.25, 0.3) is 0 Å². The summed E-state index contributed by atoms with van der Waals surface area (Å²) in [4.78, 5) is 0. The van der Waals surface area contributed by atoms with Crippen LogP contribution in [-0.2, 0) is 4.74 Å². The predicted molar refractivity (Wildman–Crippen MR) is 79.1 cm³/mol. The maximum absolute atomic E-state index is 10.2. The second-order valence-corrected chi connectivity index (χ2v) is 6.27. The van der Waals surface area contributed by atoms with E-state index in [0.29, 0.717) is 19.3 Å². The highest BCUT2D eigenvalue weighted by atomic mass is 16.6. The minimum atomic E-state index is -1.02. The fourth-order valence-electron chi connectivity index (χ4n) is 2.48. The van der Waals surface area contributed by atoms with E-state index >= 15 is 0 Å². The summed E-state index contributed by atoms with van der Waals surface area (Å²) in [6, 6.07) is 0. The number of aliphatic hydroxyl groups excluding tert-OH is 2. The lowest BCUT2D eigenvalue weighted by molar-refractivity contribution is -0.150.